The van der Waals surface area contributed by atoms with Crippen LogP contribution in [0.3, 0.4) is 0 Å². The van der Waals surface area contributed by atoms with Crippen molar-refractivity contribution in [3.63, 3.8) is 0 Å². The molecule has 2 heterocycles. The lowest BCUT2D eigenvalue weighted by Gasteiger charge is -2.32. The summed E-state index contributed by atoms with van der Waals surface area (Å²) in [6.45, 7) is 3.66. The van der Waals surface area contributed by atoms with Gasteiger partial charge in [0.15, 0.2) is 0 Å². The third-order valence-corrected chi connectivity index (χ3v) is 7.42. The van der Waals surface area contributed by atoms with Crippen molar-refractivity contribution in [1.29, 1.82) is 5.26 Å². The number of hydrogen-bond acceptors (Lipinski definition) is 7. The van der Waals surface area contributed by atoms with Gasteiger partial charge in [-0.2, -0.15) is 5.26 Å². The van der Waals surface area contributed by atoms with Gasteiger partial charge in [0.1, 0.15) is 22.7 Å². The number of rotatable bonds is 5. The second kappa shape index (κ2) is 10.1. The number of ether oxygens (including phenoxy) is 1. The quantitative estimate of drug-likeness (QED) is 0.571. The molecule has 0 aliphatic carbocycles. The average molecular weight is 525 g/mol. The smallest absolute Gasteiger partial charge is 0.307 e. The molecule has 0 saturated carbocycles. The van der Waals surface area contributed by atoms with E-state index in [-0.39, 0.29) is 28.4 Å². The van der Waals surface area contributed by atoms with E-state index in [1.54, 1.807) is 19.1 Å². The fraction of sp³-hybridized carbons (Fsp3) is 0.231. The van der Waals surface area contributed by atoms with Crippen molar-refractivity contribution in [2.45, 2.75) is 31.4 Å². The first-order chi connectivity index (χ1) is 17.6. The van der Waals surface area contributed by atoms with E-state index in [1.807, 2.05) is 19.1 Å². The second-order valence-corrected chi connectivity index (χ2v) is 9.72. The minimum absolute atomic E-state index is 0.00896. The maximum Gasteiger partial charge on any atom is 0.307 e. The molecule has 0 radical (unpaired) electrons. The molecule has 1 saturated heterocycles. The number of halogens is 2. The first-order valence-electron chi connectivity index (χ1n) is 11.1. The van der Waals surface area contributed by atoms with E-state index in [1.165, 1.54) is 7.11 Å². The number of benzene rings is 2. The first kappa shape index (κ1) is 25.9. The predicted octanol–water partition coefficient (Wildman–Crippen LogP) is 3.73. The molecular weight excluding hydrogens is 502 g/mol. The standard InChI is InChI=1S/C26H22F2N4O4S/c1-12-7-8-17(13(2)9-12)31-24(34)22-20(21-15(27)5-4-6-16(21)28)14(11-29)23(30)32-25(35)18(37-26(22)32)10-19(33)36-3/h4-9,18,20H,10,30H2,1-3H3,(H,31,34). The minimum atomic E-state index is -1.54. The largest absolute Gasteiger partial charge is 0.469 e. The van der Waals surface area contributed by atoms with Crippen molar-refractivity contribution >= 4 is 35.2 Å². The van der Waals surface area contributed by atoms with Gasteiger partial charge < -0.3 is 15.8 Å². The third-order valence-electron chi connectivity index (χ3n) is 6.14. The Balaban J connectivity index is 1.93. The normalized spacial score (nSPS) is 19.0. The molecule has 8 nitrogen and oxygen atoms in total. The number of aryl methyl sites for hydroxylation is 2. The monoisotopic (exact) mass is 524 g/mol. The van der Waals surface area contributed by atoms with Crippen molar-refractivity contribution in [2.24, 2.45) is 5.73 Å². The van der Waals surface area contributed by atoms with E-state index in [2.05, 4.69) is 10.1 Å². The molecule has 190 valence electrons. The molecular formula is C26H22F2N4O4S. The number of fused-ring (bicyclic) bond motifs is 1. The number of amides is 2. The molecule has 0 spiro atoms. The molecule has 2 aliphatic rings. The molecule has 2 aromatic rings. The maximum atomic E-state index is 15.0. The van der Waals surface area contributed by atoms with Crippen LogP contribution < -0.4 is 11.1 Å². The van der Waals surface area contributed by atoms with Crippen LogP contribution in [0.2, 0.25) is 0 Å². The number of anilines is 1. The topological polar surface area (TPSA) is 126 Å². The van der Waals surface area contributed by atoms with Gasteiger partial charge in [0.25, 0.3) is 5.91 Å². The van der Waals surface area contributed by atoms with Crippen LogP contribution in [0.1, 0.15) is 29.0 Å². The zero-order valence-electron chi connectivity index (χ0n) is 20.1. The number of carbonyl (C=O) groups is 3. The fourth-order valence-corrected chi connectivity index (χ4v) is 5.69. The second-order valence-electron chi connectivity index (χ2n) is 8.53. The summed E-state index contributed by atoms with van der Waals surface area (Å²) in [5.41, 5.74) is 7.16. The molecule has 0 aromatic heterocycles. The van der Waals surface area contributed by atoms with Crippen molar-refractivity contribution in [2.75, 3.05) is 12.4 Å². The molecule has 2 aliphatic heterocycles. The Morgan fingerprint density at radius 2 is 1.89 bits per heavy atom. The summed E-state index contributed by atoms with van der Waals surface area (Å²) in [6, 6.07) is 10.3. The van der Waals surface area contributed by atoms with Crippen molar-refractivity contribution in [3.8, 4) is 6.07 Å². The van der Waals surface area contributed by atoms with Gasteiger partial charge in [-0.15, -0.1) is 0 Å². The van der Waals surface area contributed by atoms with E-state index in [0.717, 1.165) is 46.0 Å². The summed E-state index contributed by atoms with van der Waals surface area (Å²) in [5.74, 6) is -5.99. The van der Waals surface area contributed by atoms with Crippen LogP contribution in [0.25, 0.3) is 0 Å². The third kappa shape index (κ3) is 4.56. The number of methoxy groups -OCH3 is 1. The number of nitrogens with one attached hydrogen (secondary N) is 1. The minimum Gasteiger partial charge on any atom is -0.469 e. The Bertz CT molecular complexity index is 1430. The molecule has 4 rings (SSSR count). The number of nitrogens with two attached hydrogens (primary N) is 1. The van der Waals surface area contributed by atoms with Gasteiger partial charge in [0.05, 0.1) is 41.7 Å². The molecule has 37 heavy (non-hydrogen) atoms. The van der Waals surface area contributed by atoms with Crippen LogP contribution in [0.15, 0.2) is 58.4 Å². The summed E-state index contributed by atoms with van der Waals surface area (Å²) in [6.07, 6.45) is -0.333. The van der Waals surface area contributed by atoms with Gasteiger partial charge in [-0.05, 0) is 37.6 Å². The van der Waals surface area contributed by atoms with E-state index >= 15 is 8.78 Å². The molecule has 2 aromatic carbocycles. The number of nitriles is 1. The number of esters is 1. The van der Waals surface area contributed by atoms with Gasteiger partial charge >= 0.3 is 5.97 Å². The first-order valence-corrected chi connectivity index (χ1v) is 12.0. The van der Waals surface area contributed by atoms with Crippen molar-refractivity contribution < 1.29 is 27.9 Å². The highest BCUT2D eigenvalue weighted by molar-refractivity contribution is 8.04. The lowest BCUT2D eigenvalue weighted by Crippen LogP contribution is -2.39. The van der Waals surface area contributed by atoms with Gasteiger partial charge in [0, 0.05) is 11.3 Å². The van der Waals surface area contributed by atoms with Gasteiger partial charge in [0.2, 0.25) is 5.91 Å². The highest BCUT2D eigenvalue weighted by Crippen LogP contribution is 2.50. The van der Waals surface area contributed by atoms with Crippen molar-refractivity contribution in [1.82, 2.24) is 4.90 Å². The summed E-state index contributed by atoms with van der Waals surface area (Å²) in [5, 5.41) is 11.7. The van der Waals surface area contributed by atoms with Crippen LogP contribution in [-0.4, -0.2) is 35.0 Å². The molecule has 3 N–H and O–H groups in total. The predicted molar refractivity (Wildman–Crippen MR) is 132 cm³/mol. The van der Waals surface area contributed by atoms with Crippen LogP contribution in [0, 0.1) is 36.8 Å². The number of thioether (sulfide) groups is 1. The Morgan fingerprint density at radius 3 is 2.49 bits per heavy atom. The summed E-state index contributed by atoms with van der Waals surface area (Å²) in [4.78, 5) is 39.9. The van der Waals surface area contributed by atoms with Gasteiger partial charge in [-0.1, -0.05) is 35.5 Å². The molecule has 0 bridgehead atoms. The molecule has 2 atom stereocenters. The van der Waals surface area contributed by atoms with E-state index in [0.29, 0.717) is 5.69 Å². The van der Waals surface area contributed by atoms with Gasteiger partial charge in [-0.3, -0.25) is 19.3 Å². The zero-order chi connectivity index (χ0) is 27.0. The molecule has 11 heteroatoms. The number of carbonyl (C=O) groups excluding carboxylic acids is 3. The van der Waals surface area contributed by atoms with E-state index in [4.69, 9.17) is 5.73 Å². The van der Waals surface area contributed by atoms with E-state index in [9.17, 15) is 19.6 Å². The molecule has 2 unspecified atom stereocenters. The van der Waals surface area contributed by atoms with Crippen molar-refractivity contribution in [3.05, 3.63) is 86.7 Å². The van der Waals surface area contributed by atoms with E-state index < -0.39 is 46.1 Å². The summed E-state index contributed by atoms with van der Waals surface area (Å²) < 4.78 is 34.8. The zero-order valence-corrected chi connectivity index (χ0v) is 20.9. The Hall–Kier alpha value is -4.17. The Labute approximate surface area is 215 Å². The number of allylic oxidation sites excluding steroid dienone is 1. The SMILES string of the molecule is COC(=O)CC1SC2=C(C(=O)Nc3ccc(C)cc3C)C(c3c(F)cccc3F)C(C#N)=C(N)N2C1=O. The van der Waals surface area contributed by atoms with Crippen LogP contribution in [0.5, 0.6) is 0 Å². The van der Waals surface area contributed by atoms with Crippen LogP contribution in [0.4, 0.5) is 14.5 Å². The van der Waals surface area contributed by atoms with Crippen LogP contribution >= 0.6 is 11.8 Å². The molecule has 2 amide bonds. The van der Waals surface area contributed by atoms with Gasteiger partial charge in [-0.25, -0.2) is 8.78 Å². The highest BCUT2D eigenvalue weighted by Gasteiger charge is 2.49. The number of nitrogens with zero attached hydrogens (tertiary/aromatic N) is 2. The summed E-state index contributed by atoms with van der Waals surface area (Å²) in [7, 11) is 1.17. The Morgan fingerprint density at radius 1 is 1.22 bits per heavy atom. The number of hydrogen-bond donors (Lipinski definition) is 2. The lowest BCUT2D eigenvalue weighted by molar-refractivity contribution is -0.142. The lowest BCUT2D eigenvalue weighted by atomic mass is 9.82. The fourth-order valence-electron chi connectivity index (χ4n) is 4.36. The summed E-state index contributed by atoms with van der Waals surface area (Å²) >= 11 is 0.852. The molecule has 1 fully saturated rings. The highest BCUT2D eigenvalue weighted by atomic mass is 32.2. The van der Waals surface area contributed by atoms with Crippen LogP contribution in [-0.2, 0) is 19.1 Å². The maximum absolute atomic E-state index is 15.0. The average Bonchev–Trinajstić information content (AvgIpc) is 3.16. The Kier molecular flexibility index (Phi) is 7.05.